The molecule has 1 aliphatic rings. The number of carbonyl (C=O) groups excluding carboxylic acids is 1. The van der Waals surface area contributed by atoms with Gasteiger partial charge < -0.3 is 9.84 Å². The van der Waals surface area contributed by atoms with E-state index in [1.807, 2.05) is 37.3 Å². The fraction of sp³-hybridized carbons (Fsp3) is 0.333. The minimum absolute atomic E-state index is 0.0690. The van der Waals surface area contributed by atoms with Gasteiger partial charge in [0, 0.05) is 17.0 Å². The van der Waals surface area contributed by atoms with E-state index < -0.39 is 38.0 Å². The molecule has 1 saturated carbocycles. The maximum absolute atomic E-state index is 13.8. The Morgan fingerprint density at radius 3 is 2.37 bits per heavy atom. The topological polar surface area (TPSA) is 96.7 Å². The molecule has 1 fully saturated rings. The molecule has 0 radical (unpaired) electrons. The van der Waals surface area contributed by atoms with E-state index >= 15 is 0 Å². The van der Waals surface area contributed by atoms with Gasteiger partial charge in [-0.25, -0.2) is 4.39 Å². The van der Waals surface area contributed by atoms with Crippen molar-refractivity contribution in [3.8, 4) is 22.4 Å². The number of carbonyl (C=O) groups is 1. The van der Waals surface area contributed by atoms with E-state index in [4.69, 9.17) is 9.72 Å². The van der Waals surface area contributed by atoms with E-state index in [0.717, 1.165) is 29.7 Å². The summed E-state index contributed by atoms with van der Waals surface area (Å²) in [5.74, 6) is -0.983. The number of rotatable bonds is 9. The highest BCUT2D eigenvalue weighted by Crippen LogP contribution is 2.53. The Hall–Kier alpha value is -2.99. The highest BCUT2D eigenvalue weighted by molar-refractivity contribution is 7.38. The van der Waals surface area contributed by atoms with Crippen LogP contribution in [0.15, 0.2) is 54.6 Å². The second-order valence-electron chi connectivity index (χ2n) is 8.73. The fourth-order valence-electron chi connectivity index (χ4n) is 4.50. The number of nitrogens with zero attached hydrogens (tertiary/aromatic N) is 1. The highest BCUT2D eigenvalue weighted by atomic mass is 31.1. The molecule has 8 heteroatoms. The lowest BCUT2D eigenvalue weighted by atomic mass is 9.87. The van der Waals surface area contributed by atoms with Gasteiger partial charge in [-0.3, -0.25) is 9.78 Å². The molecular formula is C27H28FNO5P+. The summed E-state index contributed by atoms with van der Waals surface area (Å²) in [6.45, 7) is 3.66. The molecule has 3 unspecified atom stereocenters. The zero-order valence-corrected chi connectivity index (χ0v) is 20.5. The van der Waals surface area contributed by atoms with Crippen LogP contribution >= 0.6 is 8.03 Å². The third kappa shape index (κ3) is 5.48. The van der Waals surface area contributed by atoms with Gasteiger partial charge in [0.1, 0.15) is 11.9 Å². The molecule has 0 aliphatic heterocycles. The number of aliphatic hydroxyl groups is 1. The van der Waals surface area contributed by atoms with E-state index in [1.165, 1.54) is 12.1 Å². The van der Waals surface area contributed by atoms with E-state index in [0.29, 0.717) is 22.4 Å². The van der Waals surface area contributed by atoms with Gasteiger partial charge in [0.15, 0.2) is 0 Å². The lowest BCUT2D eigenvalue weighted by Gasteiger charge is -2.23. The first-order chi connectivity index (χ1) is 16.8. The number of esters is 1. The molecule has 0 spiro atoms. The van der Waals surface area contributed by atoms with Gasteiger partial charge in [-0.2, -0.15) is 4.89 Å². The first kappa shape index (κ1) is 25.1. The highest BCUT2D eigenvalue weighted by Gasteiger charge is 2.46. The van der Waals surface area contributed by atoms with Gasteiger partial charge in [0.25, 0.3) is 0 Å². The first-order valence-corrected chi connectivity index (χ1v) is 12.9. The molecule has 6 nitrogen and oxygen atoms in total. The molecule has 1 heterocycles. The lowest BCUT2D eigenvalue weighted by Crippen LogP contribution is -2.24. The minimum atomic E-state index is -2.94. The molecule has 0 amide bonds. The summed E-state index contributed by atoms with van der Waals surface area (Å²) in [4.78, 5) is 27.5. The standard InChI is InChI=1S/C27H27FNO5P/c1-3-34-22(31)15-21(30)27(35(32)33)24-23(17-11-13-20(28)14-12-17)16(2)25(18-7-5-4-6-8-18)29-26(24)19-9-10-19/h4-8,11-14,19,21,27,30H,3,9-10,15H2,1-2H3/p+1. The molecule has 1 aliphatic carbocycles. The molecule has 182 valence electrons. The van der Waals surface area contributed by atoms with E-state index in [9.17, 15) is 23.7 Å². The van der Waals surface area contributed by atoms with Crippen LogP contribution in [0.5, 0.6) is 0 Å². The predicted octanol–water partition coefficient (Wildman–Crippen LogP) is 5.83. The van der Waals surface area contributed by atoms with Gasteiger partial charge in [-0.1, -0.05) is 42.5 Å². The number of benzene rings is 2. The molecule has 2 aromatic carbocycles. The maximum Gasteiger partial charge on any atom is 0.516 e. The summed E-state index contributed by atoms with van der Waals surface area (Å²) in [5, 5.41) is 11.0. The number of halogens is 1. The number of aromatic nitrogens is 1. The molecule has 35 heavy (non-hydrogen) atoms. The summed E-state index contributed by atoms with van der Waals surface area (Å²) in [5.41, 5.74) is 3.45. The van der Waals surface area contributed by atoms with Crippen molar-refractivity contribution >= 4 is 14.0 Å². The predicted molar refractivity (Wildman–Crippen MR) is 132 cm³/mol. The second-order valence-corrected chi connectivity index (χ2v) is 9.89. The maximum atomic E-state index is 13.8. The van der Waals surface area contributed by atoms with Crippen molar-refractivity contribution in [1.29, 1.82) is 0 Å². The van der Waals surface area contributed by atoms with Crippen LogP contribution in [0.2, 0.25) is 0 Å². The Kier molecular flexibility index (Phi) is 7.70. The number of hydrogen-bond donors (Lipinski definition) is 2. The zero-order chi connectivity index (χ0) is 25.1. The Morgan fingerprint density at radius 2 is 1.80 bits per heavy atom. The van der Waals surface area contributed by atoms with Gasteiger partial charge in [0.05, 0.1) is 24.4 Å². The Bertz CT molecular complexity index is 1230. The van der Waals surface area contributed by atoms with Crippen molar-refractivity contribution in [3.63, 3.8) is 0 Å². The van der Waals surface area contributed by atoms with Crippen LogP contribution in [0.1, 0.15) is 54.6 Å². The van der Waals surface area contributed by atoms with Crippen LogP contribution in [-0.4, -0.2) is 33.7 Å². The van der Waals surface area contributed by atoms with Gasteiger partial charge in [-0.05, 0) is 60.1 Å². The van der Waals surface area contributed by atoms with Crippen molar-refractivity contribution in [2.45, 2.75) is 50.8 Å². The van der Waals surface area contributed by atoms with E-state index in [-0.39, 0.29) is 12.5 Å². The quantitative estimate of drug-likeness (QED) is 0.286. The summed E-state index contributed by atoms with van der Waals surface area (Å²) < 4.78 is 31.5. The smallest absolute Gasteiger partial charge is 0.466 e. The third-order valence-corrected chi connectivity index (χ3v) is 7.31. The summed E-state index contributed by atoms with van der Waals surface area (Å²) in [6.07, 6.45) is -0.151. The number of hydrogen-bond acceptors (Lipinski definition) is 5. The molecular weight excluding hydrogens is 468 g/mol. The van der Waals surface area contributed by atoms with Crippen molar-refractivity contribution in [3.05, 3.63) is 77.2 Å². The molecule has 0 bridgehead atoms. The number of aliphatic hydroxyl groups excluding tert-OH is 1. The van der Waals surface area contributed by atoms with Crippen molar-refractivity contribution < 1.29 is 28.5 Å². The van der Waals surface area contributed by atoms with Gasteiger partial charge in [0.2, 0.25) is 5.66 Å². The van der Waals surface area contributed by atoms with Crippen LogP contribution in [0.25, 0.3) is 22.4 Å². The lowest BCUT2D eigenvalue weighted by molar-refractivity contribution is -0.145. The van der Waals surface area contributed by atoms with Crippen LogP contribution in [-0.2, 0) is 14.1 Å². The van der Waals surface area contributed by atoms with Crippen LogP contribution in [0.4, 0.5) is 4.39 Å². The van der Waals surface area contributed by atoms with E-state index in [2.05, 4.69) is 0 Å². The number of ether oxygens (including phenoxy) is 1. The van der Waals surface area contributed by atoms with Crippen molar-refractivity contribution in [2.24, 2.45) is 0 Å². The van der Waals surface area contributed by atoms with Crippen LogP contribution < -0.4 is 0 Å². The molecule has 0 saturated heterocycles. The largest absolute Gasteiger partial charge is 0.516 e. The minimum Gasteiger partial charge on any atom is -0.466 e. The van der Waals surface area contributed by atoms with Gasteiger partial charge in [-0.15, -0.1) is 0 Å². The SMILES string of the molecule is CCOC(=O)CC(O)C(c1c(C2CC2)nc(-c2ccccc2)c(C)c1-c1ccc(F)cc1)[P+](=O)O. The Labute approximate surface area is 204 Å². The zero-order valence-electron chi connectivity index (χ0n) is 19.6. The molecule has 4 rings (SSSR count). The van der Waals surface area contributed by atoms with Crippen molar-refractivity contribution in [1.82, 2.24) is 4.98 Å². The third-order valence-electron chi connectivity index (χ3n) is 6.23. The molecule has 3 atom stereocenters. The monoisotopic (exact) mass is 496 g/mol. The van der Waals surface area contributed by atoms with Crippen LogP contribution in [0, 0.1) is 12.7 Å². The van der Waals surface area contributed by atoms with Crippen molar-refractivity contribution in [2.75, 3.05) is 6.61 Å². The molecule has 2 N–H and O–H groups in total. The first-order valence-electron chi connectivity index (χ1n) is 11.7. The average Bonchev–Trinajstić information content (AvgIpc) is 3.66. The summed E-state index contributed by atoms with van der Waals surface area (Å²) in [7, 11) is -2.94. The second kappa shape index (κ2) is 10.7. The molecule has 1 aromatic heterocycles. The van der Waals surface area contributed by atoms with Gasteiger partial charge >= 0.3 is 14.0 Å². The van der Waals surface area contributed by atoms with Crippen LogP contribution in [0.3, 0.4) is 0 Å². The Balaban J connectivity index is 1.99. The molecule has 3 aromatic rings. The average molecular weight is 496 g/mol. The summed E-state index contributed by atoms with van der Waals surface area (Å²) >= 11 is 0. The Morgan fingerprint density at radius 1 is 1.14 bits per heavy atom. The summed E-state index contributed by atoms with van der Waals surface area (Å²) in [6, 6.07) is 15.5. The normalized spacial score (nSPS) is 15.4. The van der Waals surface area contributed by atoms with E-state index in [1.54, 1.807) is 19.1 Å². The fourth-order valence-corrected chi connectivity index (χ4v) is 5.38. The number of pyridine rings is 1.